The van der Waals surface area contributed by atoms with Gasteiger partial charge in [-0.1, -0.05) is 6.08 Å². The Kier molecular flexibility index (Phi) is 4.49. The van der Waals surface area contributed by atoms with E-state index in [1.165, 1.54) is 0 Å². The number of ether oxygens (including phenoxy) is 2. The van der Waals surface area contributed by atoms with Crippen LogP contribution in [0.4, 0.5) is 10.3 Å². The van der Waals surface area contributed by atoms with Gasteiger partial charge in [0.15, 0.2) is 5.65 Å². The monoisotopic (exact) mass is 385 g/mol. The fourth-order valence-corrected chi connectivity index (χ4v) is 3.57. The molecule has 0 bridgehead atoms. The smallest absolute Gasteiger partial charge is 0.243 e. The molecule has 28 heavy (non-hydrogen) atoms. The maximum Gasteiger partial charge on any atom is 0.243 e. The fraction of sp³-hybridized carbons (Fsp3) is 0.444. The number of halogens is 1. The lowest BCUT2D eigenvalue weighted by molar-refractivity contribution is 0.0284. The highest BCUT2D eigenvalue weighted by atomic mass is 19.1. The van der Waals surface area contributed by atoms with Gasteiger partial charge in [0.1, 0.15) is 6.17 Å². The molecule has 5 rings (SSSR count). The number of nitrogens with one attached hydrogen (secondary N) is 2. The highest BCUT2D eigenvalue weighted by Gasteiger charge is 2.27. The van der Waals surface area contributed by atoms with Crippen molar-refractivity contribution in [1.29, 1.82) is 0 Å². The Hall–Kier alpha value is -2.85. The molecule has 10 heteroatoms. The Balaban J connectivity index is 1.59. The van der Waals surface area contributed by atoms with Crippen molar-refractivity contribution in [3.63, 3.8) is 0 Å². The van der Waals surface area contributed by atoms with Crippen LogP contribution in [0.15, 0.2) is 24.7 Å². The van der Waals surface area contributed by atoms with E-state index in [0.29, 0.717) is 37.8 Å². The molecule has 5 heterocycles. The standard InChI is InChI=1S/C18H20FN7O2/c19-13-10-28-6-3-14(13)23-18-24-15-9-20-16(12-7-21-22-8-12)17(26(15)25-18)11-1-4-27-5-2-11/h1,7-9,13-14H,2-6,10H2,(H,21,22)(H,23,25)/t13-,14+/m1/s1. The first-order valence-corrected chi connectivity index (χ1v) is 9.30. The Morgan fingerprint density at radius 3 is 3.00 bits per heavy atom. The van der Waals surface area contributed by atoms with Crippen molar-refractivity contribution in [2.24, 2.45) is 0 Å². The molecular formula is C18H20FN7O2. The predicted octanol–water partition coefficient (Wildman–Crippen LogP) is 1.86. The van der Waals surface area contributed by atoms with Crippen LogP contribution in [0.5, 0.6) is 0 Å². The molecule has 0 aromatic carbocycles. The molecule has 1 saturated heterocycles. The van der Waals surface area contributed by atoms with Gasteiger partial charge in [-0.05, 0) is 18.4 Å². The van der Waals surface area contributed by atoms with E-state index in [1.807, 2.05) is 6.08 Å². The first-order chi connectivity index (χ1) is 13.8. The number of H-pyrrole nitrogens is 1. The molecule has 0 spiro atoms. The van der Waals surface area contributed by atoms with Crippen LogP contribution < -0.4 is 5.32 Å². The zero-order valence-corrected chi connectivity index (χ0v) is 15.1. The lowest BCUT2D eigenvalue weighted by Crippen LogP contribution is -2.39. The van der Waals surface area contributed by atoms with Crippen molar-refractivity contribution in [2.45, 2.75) is 25.1 Å². The quantitative estimate of drug-likeness (QED) is 0.707. The summed E-state index contributed by atoms with van der Waals surface area (Å²) in [6.07, 6.45) is 7.46. The van der Waals surface area contributed by atoms with Crippen LogP contribution in [0, 0.1) is 0 Å². The summed E-state index contributed by atoms with van der Waals surface area (Å²) in [6.45, 7) is 1.80. The van der Waals surface area contributed by atoms with Gasteiger partial charge < -0.3 is 14.8 Å². The van der Waals surface area contributed by atoms with Gasteiger partial charge in [0.05, 0.1) is 49.6 Å². The number of aromatic nitrogens is 6. The number of rotatable bonds is 4. The molecule has 0 amide bonds. The molecule has 2 aliphatic rings. The second kappa shape index (κ2) is 7.28. The largest absolute Gasteiger partial charge is 0.378 e. The normalized spacial score (nSPS) is 23.0. The first-order valence-electron chi connectivity index (χ1n) is 9.30. The average molecular weight is 385 g/mol. The van der Waals surface area contributed by atoms with Gasteiger partial charge in [-0.2, -0.15) is 10.1 Å². The highest BCUT2D eigenvalue weighted by molar-refractivity contribution is 5.78. The second-order valence-corrected chi connectivity index (χ2v) is 6.83. The summed E-state index contributed by atoms with van der Waals surface area (Å²) in [6, 6.07) is -0.363. The van der Waals surface area contributed by atoms with Crippen LogP contribution in [0.3, 0.4) is 0 Å². The SMILES string of the molecule is F[C@@H]1COCC[C@@H]1Nc1nc2cnc(-c3cn[nH]c3)c(C3=CCOCC3)n2n1. The van der Waals surface area contributed by atoms with E-state index >= 15 is 0 Å². The molecule has 146 valence electrons. The molecule has 2 atom stereocenters. The Morgan fingerprint density at radius 2 is 2.21 bits per heavy atom. The Morgan fingerprint density at radius 1 is 1.25 bits per heavy atom. The third-order valence-corrected chi connectivity index (χ3v) is 5.02. The summed E-state index contributed by atoms with van der Waals surface area (Å²) in [5.41, 5.74) is 4.17. The van der Waals surface area contributed by atoms with Gasteiger partial charge in [0.2, 0.25) is 5.95 Å². The van der Waals surface area contributed by atoms with Crippen LogP contribution in [0.1, 0.15) is 18.5 Å². The van der Waals surface area contributed by atoms with Gasteiger partial charge in [-0.25, -0.2) is 13.9 Å². The molecule has 9 nitrogen and oxygen atoms in total. The van der Waals surface area contributed by atoms with Crippen molar-refractivity contribution in [3.8, 4) is 11.3 Å². The second-order valence-electron chi connectivity index (χ2n) is 6.83. The van der Waals surface area contributed by atoms with E-state index in [-0.39, 0.29) is 12.6 Å². The van der Waals surface area contributed by atoms with Crippen LogP contribution >= 0.6 is 0 Å². The van der Waals surface area contributed by atoms with Gasteiger partial charge in [0.25, 0.3) is 0 Å². The van der Waals surface area contributed by atoms with Crippen molar-refractivity contribution < 1.29 is 13.9 Å². The first kappa shape index (κ1) is 17.3. The van der Waals surface area contributed by atoms with E-state index in [2.05, 4.69) is 30.6 Å². The van der Waals surface area contributed by atoms with E-state index in [9.17, 15) is 4.39 Å². The van der Waals surface area contributed by atoms with Gasteiger partial charge >= 0.3 is 0 Å². The number of fused-ring (bicyclic) bond motifs is 1. The van der Waals surface area contributed by atoms with Gasteiger partial charge in [-0.15, -0.1) is 5.10 Å². The minimum Gasteiger partial charge on any atom is -0.378 e. The molecule has 3 aromatic heterocycles. The molecule has 3 aromatic rings. The zero-order valence-electron chi connectivity index (χ0n) is 15.1. The topological polar surface area (TPSA) is 102 Å². The minimum atomic E-state index is -1.09. The summed E-state index contributed by atoms with van der Waals surface area (Å²) >= 11 is 0. The summed E-state index contributed by atoms with van der Waals surface area (Å²) in [5.74, 6) is 0.384. The van der Waals surface area contributed by atoms with E-state index in [1.54, 1.807) is 23.1 Å². The maximum atomic E-state index is 14.1. The van der Waals surface area contributed by atoms with Crippen LogP contribution in [-0.4, -0.2) is 68.4 Å². The number of hydrogen-bond acceptors (Lipinski definition) is 7. The number of anilines is 1. The Labute approximate surface area is 160 Å². The fourth-order valence-electron chi connectivity index (χ4n) is 3.57. The number of aromatic amines is 1. The molecular weight excluding hydrogens is 365 g/mol. The summed E-state index contributed by atoms with van der Waals surface area (Å²) < 4.78 is 26.5. The molecule has 2 aliphatic heterocycles. The van der Waals surface area contributed by atoms with Crippen molar-refractivity contribution in [1.82, 2.24) is 29.8 Å². The van der Waals surface area contributed by atoms with Crippen molar-refractivity contribution in [3.05, 3.63) is 30.4 Å². The zero-order chi connectivity index (χ0) is 18.9. The number of nitrogens with zero attached hydrogens (tertiary/aromatic N) is 5. The molecule has 0 saturated carbocycles. The number of alkyl halides is 1. The van der Waals surface area contributed by atoms with Crippen LogP contribution in [0.2, 0.25) is 0 Å². The van der Waals surface area contributed by atoms with Crippen LogP contribution in [-0.2, 0) is 9.47 Å². The molecule has 0 radical (unpaired) electrons. The lowest BCUT2D eigenvalue weighted by Gasteiger charge is -2.26. The molecule has 2 N–H and O–H groups in total. The highest BCUT2D eigenvalue weighted by Crippen LogP contribution is 2.30. The van der Waals surface area contributed by atoms with Gasteiger partial charge in [0, 0.05) is 18.4 Å². The van der Waals surface area contributed by atoms with E-state index in [4.69, 9.17) is 9.47 Å². The summed E-state index contributed by atoms with van der Waals surface area (Å²) in [7, 11) is 0. The molecule has 0 unspecified atom stereocenters. The number of hydrogen-bond donors (Lipinski definition) is 2. The average Bonchev–Trinajstić information content (AvgIpc) is 3.39. The van der Waals surface area contributed by atoms with E-state index < -0.39 is 6.17 Å². The third-order valence-electron chi connectivity index (χ3n) is 5.02. The third kappa shape index (κ3) is 3.14. The van der Waals surface area contributed by atoms with Crippen molar-refractivity contribution in [2.75, 3.05) is 31.7 Å². The lowest BCUT2D eigenvalue weighted by atomic mass is 10.0. The predicted molar refractivity (Wildman–Crippen MR) is 99.5 cm³/mol. The van der Waals surface area contributed by atoms with Crippen LogP contribution in [0.25, 0.3) is 22.5 Å². The van der Waals surface area contributed by atoms with E-state index in [0.717, 1.165) is 28.9 Å². The summed E-state index contributed by atoms with van der Waals surface area (Å²) in [4.78, 5) is 9.12. The minimum absolute atomic E-state index is 0.0926. The van der Waals surface area contributed by atoms with Crippen molar-refractivity contribution >= 4 is 17.2 Å². The Bertz CT molecular complexity index is 1000. The summed E-state index contributed by atoms with van der Waals surface area (Å²) in [5, 5.41) is 14.6. The molecule has 1 fully saturated rings. The van der Waals surface area contributed by atoms with Gasteiger partial charge in [-0.3, -0.25) is 5.10 Å². The molecule has 0 aliphatic carbocycles. The maximum absolute atomic E-state index is 14.1.